The summed E-state index contributed by atoms with van der Waals surface area (Å²) >= 11 is 0. The van der Waals surface area contributed by atoms with E-state index in [9.17, 15) is 9.59 Å². The highest BCUT2D eigenvalue weighted by Gasteiger charge is 2.34. The number of hydrogen-bond acceptors (Lipinski definition) is 6. The van der Waals surface area contributed by atoms with Crippen LogP contribution >= 0.6 is 0 Å². The van der Waals surface area contributed by atoms with Gasteiger partial charge in [-0.2, -0.15) is 5.10 Å². The summed E-state index contributed by atoms with van der Waals surface area (Å²) in [5.41, 5.74) is 1.35. The van der Waals surface area contributed by atoms with E-state index in [2.05, 4.69) is 10.1 Å². The maximum Gasteiger partial charge on any atom is 0.325 e. The van der Waals surface area contributed by atoms with Crippen molar-refractivity contribution in [3.05, 3.63) is 42.7 Å². The largest absolute Gasteiger partial charge is 0.480 e. The molecule has 1 saturated carbocycles. The number of carboxylic acids is 1. The normalized spacial score (nSPS) is 18.5. The maximum atomic E-state index is 12.9. The van der Waals surface area contributed by atoms with Crippen LogP contribution in [0.25, 0.3) is 10.9 Å². The van der Waals surface area contributed by atoms with E-state index < -0.39 is 12.1 Å². The van der Waals surface area contributed by atoms with Crippen LogP contribution in [0.1, 0.15) is 19.3 Å². The van der Waals surface area contributed by atoms with Gasteiger partial charge in [0.2, 0.25) is 5.88 Å². The Kier molecular flexibility index (Phi) is 4.93. The van der Waals surface area contributed by atoms with Crippen LogP contribution < -0.4 is 14.4 Å². The van der Waals surface area contributed by atoms with Gasteiger partial charge in [-0.3, -0.25) is 14.3 Å². The minimum Gasteiger partial charge on any atom is -0.480 e. The van der Waals surface area contributed by atoms with Gasteiger partial charge in [-0.25, -0.2) is 4.98 Å². The van der Waals surface area contributed by atoms with E-state index in [-0.39, 0.29) is 12.5 Å². The third-order valence-electron chi connectivity index (χ3n) is 5.45. The van der Waals surface area contributed by atoms with Gasteiger partial charge >= 0.3 is 5.97 Å². The highest BCUT2D eigenvalue weighted by Crippen LogP contribution is 2.30. The Labute approximate surface area is 178 Å². The van der Waals surface area contributed by atoms with Crippen LogP contribution in [0.3, 0.4) is 0 Å². The smallest absolute Gasteiger partial charge is 0.325 e. The number of benzene rings is 1. The standard InChI is InChI=1S/C22H22N4O5/c27-21(28)12-25-11-15-3-4-16(9-18(15)24-25)26-8-7-19(22(26)29)31-17-5-6-20(23-10-17)30-13-14-1-2-14/h3-6,9-11,14,19H,1-2,7-8,12-13H2,(H,27,28). The topological polar surface area (TPSA) is 107 Å². The Balaban J connectivity index is 1.24. The highest BCUT2D eigenvalue weighted by molar-refractivity contribution is 6.00. The molecule has 1 aromatic carbocycles. The molecule has 1 unspecified atom stereocenters. The third-order valence-corrected chi connectivity index (χ3v) is 5.45. The van der Waals surface area contributed by atoms with Crippen LogP contribution in [0.5, 0.6) is 11.6 Å². The van der Waals surface area contributed by atoms with Gasteiger partial charge in [0.1, 0.15) is 12.3 Å². The second kappa shape index (κ2) is 7.90. The summed E-state index contributed by atoms with van der Waals surface area (Å²) in [4.78, 5) is 29.7. The minimum absolute atomic E-state index is 0.127. The van der Waals surface area contributed by atoms with Crippen molar-refractivity contribution in [3.63, 3.8) is 0 Å². The molecule has 3 aromatic rings. The van der Waals surface area contributed by atoms with E-state index in [1.807, 2.05) is 12.1 Å². The van der Waals surface area contributed by atoms with Gasteiger partial charge in [0.25, 0.3) is 5.91 Å². The zero-order chi connectivity index (χ0) is 21.4. The van der Waals surface area contributed by atoms with Crippen LogP contribution in [0, 0.1) is 5.92 Å². The van der Waals surface area contributed by atoms with E-state index in [0.717, 1.165) is 5.39 Å². The lowest BCUT2D eigenvalue weighted by Gasteiger charge is -2.17. The molecule has 0 spiro atoms. The zero-order valence-electron chi connectivity index (χ0n) is 16.8. The minimum atomic E-state index is -0.959. The predicted molar refractivity (Wildman–Crippen MR) is 111 cm³/mol. The zero-order valence-corrected chi connectivity index (χ0v) is 16.8. The summed E-state index contributed by atoms with van der Waals surface area (Å²) in [6, 6.07) is 8.99. The molecule has 1 aliphatic carbocycles. The van der Waals surface area contributed by atoms with Crippen LogP contribution in [0.2, 0.25) is 0 Å². The fourth-order valence-electron chi connectivity index (χ4n) is 3.64. The monoisotopic (exact) mass is 422 g/mol. The van der Waals surface area contributed by atoms with Crippen LogP contribution in [0.4, 0.5) is 5.69 Å². The molecule has 1 atom stereocenters. The number of fused-ring (bicyclic) bond motifs is 1. The quantitative estimate of drug-likeness (QED) is 0.594. The highest BCUT2D eigenvalue weighted by atomic mass is 16.5. The first-order valence-electron chi connectivity index (χ1n) is 10.3. The molecular weight excluding hydrogens is 400 g/mol. The van der Waals surface area contributed by atoms with Gasteiger partial charge in [0.15, 0.2) is 6.10 Å². The maximum absolute atomic E-state index is 12.9. The molecule has 160 valence electrons. The third kappa shape index (κ3) is 4.30. The van der Waals surface area contributed by atoms with Crippen molar-refractivity contribution in [2.45, 2.75) is 31.9 Å². The van der Waals surface area contributed by atoms with Crippen LogP contribution in [-0.2, 0) is 16.1 Å². The van der Waals surface area contributed by atoms with Gasteiger partial charge in [-0.15, -0.1) is 0 Å². The average Bonchev–Trinajstić information content (AvgIpc) is 3.40. The fraction of sp³-hybridized carbons (Fsp3) is 0.364. The number of ether oxygens (including phenoxy) is 2. The first-order chi connectivity index (χ1) is 15.0. The molecule has 0 bridgehead atoms. The summed E-state index contributed by atoms with van der Waals surface area (Å²) in [5, 5.41) is 14.0. The van der Waals surface area contributed by atoms with Crippen LogP contribution in [-0.4, -0.2) is 51.0 Å². The molecule has 3 heterocycles. The van der Waals surface area contributed by atoms with Crippen LogP contribution in [0.15, 0.2) is 42.7 Å². The number of nitrogens with zero attached hydrogens (tertiary/aromatic N) is 4. The Morgan fingerprint density at radius 1 is 1.19 bits per heavy atom. The summed E-state index contributed by atoms with van der Waals surface area (Å²) in [6.45, 7) is 1.02. The van der Waals surface area contributed by atoms with Crippen molar-refractivity contribution in [1.82, 2.24) is 14.8 Å². The fourth-order valence-corrected chi connectivity index (χ4v) is 3.64. The molecule has 5 rings (SSSR count). The molecule has 2 aliphatic rings. The van der Waals surface area contributed by atoms with E-state index in [1.54, 1.807) is 35.5 Å². The summed E-state index contributed by atoms with van der Waals surface area (Å²) < 4.78 is 12.9. The van der Waals surface area contributed by atoms with Crippen molar-refractivity contribution >= 4 is 28.5 Å². The molecule has 0 radical (unpaired) electrons. The second-order valence-corrected chi connectivity index (χ2v) is 7.94. The molecule has 2 aromatic heterocycles. The molecular formula is C22H22N4O5. The van der Waals surface area contributed by atoms with Gasteiger partial charge in [0, 0.05) is 36.3 Å². The van der Waals surface area contributed by atoms with Crippen molar-refractivity contribution in [2.75, 3.05) is 18.1 Å². The van der Waals surface area contributed by atoms with Gasteiger partial charge in [-0.1, -0.05) is 0 Å². The number of anilines is 1. The number of rotatable bonds is 8. The van der Waals surface area contributed by atoms with E-state index in [1.165, 1.54) is 17.5 Å². The van der Waals surface area contributed by atoms with Crippen molar-refractivity contribution in [2.24, 2.45) is 5.92 Å². The number of pyridine rings is 1. The Bertz CT molecular complexity index is 1120. The van der Waals surface area contributed by atoms with Gasteiger partial charge in [-0.05, 0) is 43.0 Å². The summed E-state index contributed by atoms with van der Waals surface area (Å²) in [5.74, 6) is 0.666. The van der Waals surface area contributed by atoms with Gasteiger partial charge < -0.3 is 19.5 Å². The number of carbonyl (C=O) groups excluding carboxylic acids is 1. The number of carbonyl (C=O) groups is 2. The lowest BCUT2D eigenvalue weighted by atomic mass is 10.2. The Morgan fingerprint density at radius 2 is 2.06 bits per heavy atom. The molecule has 1 N–H and O–H groups in total. The first-order valence-corrected chi connectivity index (χ1v) is 10.3. The van der Waals surface area contributed by atoms with Crippen molar-refractivity contribution < 1.29 is 24.2 Å². The molecule has 1 saturated heterocycles. The number of hydrogen-bond donors (Lipinski definition) is 1. The van der Waals surface area contributed by atoms with E-state index >= 15 is 0 Å². The second-order valence-electron chi connectivity index (χ2n) is 7.94. The van der Waals surface area contributed by atoms with E-state index in [0.29, 0.717) is 48.3 Å². The molecule has 9 heteroatoms. The summed E-state index contributed by atoms with van der Waals surface area (Å²) in [7, 11) is 0. The number of carboxylic acid groups (broad SMARTS) is 1. The number of aliphatic carboxylic acids is 1. The molecule has 31 heavy (non-hydrogen) atoms. The van der Waals surface area contributed by atoms with Crippen molar-refractivity contribution in [1.29, 1.82) is 0 Å². The lowest BCUT2D eigenvalue weighted by molar-refractivity contribution is -0.137. The van der Waals surface area contributed by atoms with Gasteiger partial charge in [0.05, 0.1) is 18.3 Å². The lowest BCUT2D eigenvalue weighted by Crippen LogP contribution is -2.32. The first kappa shape index (κ1) is 19.3. The number of amides is 1. The molecule has 1 aliphatic heterocycles. The summed E-state index contributed by atoms with van der Waals surface area (Å²) in [6.07, 6.45) is 5.68. The van der Waals surface area contributed by atoms with E-state index in [4.69, 9.17) is 14.6 Å². The molecule has 1 amide bonds. The average molecular weight is 422 g/mol. The SMILES string of the molecule is O=C(O)Cn1cc2ccc(N3CCC(Oc4ccc(OCC5CC5)nc4)C3=O)cc2n1. The Morgan fingerprint density at radius 3 is 2.81 bits per heavy atom. The Hall–Kier alpha value is -3.62. The molecule has 2 fully saturated rings. The number of aromatic nitrogens is 3. The van der Waals surface area contributed by atoms with Crippen molar-refractivity contribution in [3.8, 4) is 11.6 Å². The molecule has 9 nitrogen and oxygen atoms in total. The predicted octanol–water partition coefficient (Wildman–Crippen LogP) is 2.49.